The Bertz CT molecular complexity index is 417. The molecule has 1 atom stereocenters. The summed E-state index contributed by atoms with van der Waals surface area (Å²) >= 11 is 0. The maximum atomic E-state index is 12.0. The van der Waals surface area contributed by atoms with Crippen molar-refractivity contribution in [3.63, 3.8) is 0 Å². The molecule has 0 aliphatic rings. The molecule has 0 saturated carbocycles. The molecule has 0 saturated heterocycles. The largest absolute Gasteiger partial charge is 0.352 e. The van der Waals surface area contributed by atoms with Crippen molar-refractivity contribution in [2.75, 3.05) is 11.4 Å². The van der Waals surface area contributed by atoms with Gasteiger partial charge in [0.1, 0.15) is 0 Å². The zero-order valence-corrected chi connectivity index (χ0v) is 11.8. The van der Waals surface area contributed by atoms with Gasteiger partial charge in [0.2, 0.25) is 11.8 Å². The van der Waals surface area contributed by atoms with Crippen molar-refractivity contribution in [3.05, 3.63) is 30.3 Å². The van der Waals surface area contributed by atoms with Crippen LogP contribution in [0.1, 0.15) is 33.6 Å². The molecule has 0 heterocycles. The first kappa shape index (κ1) is 15.2. The first-order valence-corrected chi connectivity index (χ1v) is 6.73. The number of carbonyl (C=O) groups excluding carboxylic acids is 2. The van der Waals surface area contributed by atoms with E-state index in [9.17, 15) is 9.59 Å². The highest BCUT2D eigenvalue weighted by atomic mass is 16.2. The number of nitrogens with one attached hydrogen (secondary N) is 1. The lowest BCUT2D eigenvalue weighted by molar-refractivity contribution is -0.122. The van der Waals surface area contributed by atoms with Crippen LogP contribution in [0.3, 0.4) is 0 Å². The summed E-state index contributed by atoms with van der Waals surface area (Å²) in [6.07, 6.45) is 0.904. The number of amides is 2. The first-order chi connectivity index (χ1) is 9.08. The molecular weight excluding hydrogens is 240 g/mol. The number of carbonyl (C=O) groups is 2. The van der Waals surface area contributed by atoms with Gasteiger partial charge in [0.25, 0.3) is 0 Å². The molecule has 1 unspecified atom stereocenters. The summed E-state index contributed by atoms with van der Waals surface area (Å²) in [6.45, 7) is 6.05. The van der Waals surface area contributed by atoms with Crippen LogP contribution < -0.4 is 10.2 Å². The van der Waals surface area contributed by atoms with Crippen molar-refractivity contribution in [2.24, 2.45) is 0 Å². The van der Waals surface area contributed by atoms with Gasteiger partial charge >= 0.3 is 0 Å². The second-order valence-electron chi connectivity index (χ2n) is 4.52. The molecule has 0 aliphatic heterocycles. The Hall–Kier alpha value is -1.84. The highest BCUT2D eigenvalue weighted by molar-refractivity contribution is 5.93. The van der Waals surface area contributed by atoms with E-state index >= 15 is 0 Å². The summed E-state index contributed by atoms with van der Waals surface area (Å²) in [6, 6.07) is 9.47. The maximum Gasteiger partial charge on any atom is 0.226 e. The SMILES string of the molecule is CCC(=O)NC(C)CN(C(=O)CC)c1ccccc1. The molecule has 1 aromatic carbocycles. The van der Waals surface area contributed by atoms with Crippen LogP contribution in [0.4, 0.5) is 5.69 Å². The summed E-state index contributed by atoms with van der Waals surface area (Å²) < 4.78 is 0. The Labute approximate surface area is 114 Å². The molecular formula is C15H22N2O2. The van der Waals surface area contributed by atoms with E-state index in [0.29, 0.717) is 19.4 Å². The highest BCUT2D eigenvalue weighted by Crippen LogP contribution is 2.15. The van der Waals surface area contributed by atoms with Crippen LogP contribution in [-0.4, -0.2) is 24.4 Å². The van der Waals surface area contributed by atoms with E-state index in [0.717, 1.165) is 5.69 Å². The van der Waals surface area contributed by atoms with Crippen molar-refractivity contribution in [2.45, 2.75) is 39.7 Å². The molecule has 4 nitrogen and oxygen atoms in total. The lowest BCUT2D eigenvalue weighted by Crippen LogP contribution is -2.44. The third-order valence-electron chi connectivity index (χ3n) is 2.86. The lowest BCUT2D eigenvalue weighted by Gasteiger charge is -2.26. The summed E-state index contributed by atoms with van der Waals surface area (Å²) in [7, 11) is 0. The summed E-state index contributed by atoms with van der Waals surface area (Å²) in [5.74, 6) is 0.0632. The molecule has 0 radical (unpaired) electrons. The van der Waals surface area contributed by atoms with E-state index in [4.69, 9.17) is 0 Å². The van der Waals surface area contributed by atoms with Crippen LogP contribution in [-0.2, 0) is 9.59 Å². The van der Waals surface area contributed by atoms with Gasteiger partial charge in [-0.2, -0.15) is 0 Å². The fraction of sp³-hybridized carbons (Fsp3) is 0.467. The Morgan fingerprint density at radius 2 is 1.79 bits per heavy atom. The monoisotopic (exact) mass is 262 g/mol. The molecule has 0 aromatic heterocycles. The lowest BCUT2D eigenvalue weighted by atomic mass is 10.2. The Balaban J connectivity index is 2.76. The number of benzene rings is 1. The van der Waals surface area contributed by atoms with Gasteiger partial charge in [0, 0.05) is 31.1 Å². The number of rotatable bonds is 6. The van der Waals surface area contributed by atoms with Gasteiger partial charge in [-0.1, -0.05) is 32.0 Å². The van der Waals surface area contributed by atoms with Crippen LogP contribution in [0, 0.1) is 0 Å². The van der Waals surface area contributed by atoms with Crippen LogP contribution in [0.5, 0.6) is 0 Å². The number of hydrogen-bond donors (Lipinski definition) is 1. The quantitative estimate of drug-likeness (QED) is 0.855. The number of para-hydroxylation sites is 1. The van der Waals surface area contributed by atoms with Crippen LogP contribution in [0.25, 0.3) is 0 Å². The van der Waals surface area contributed by atoms with Gasteiger partial charge < -0.3 is 10.2 Å². The molecule has 0 spiro atoms. The van der Waals surface area contributed by atoms with E-state index in [1.54, 1.807) is 4.90 Å². The third-order valence-corrected chi connectivity index (χ3v) is 2.86. The van der Waals surface area contributed by atoms with Crippen molar-refractivity contribution in [3.8, 4) is 0 Å². The van der Waals surface area contributed by atoms with Gasteiger partial charge in [-0.05, 0) is 19.1 Å². The summed E-state index contributed by atoms with van der Waals surface area (Å²) in [5, 5.41) is 2.88. The van der Waals surface area contributed by atoms with Gasteiger partial charge in [-0.15, -0.1) is 0 Å². The molecule has 1 aromatic rings. The van der Waals surface area contributed by atoms with Crippen molar-refractivity contribution in [1.29, 1.82) is 0 Å². The minimum Gasteiger partial charge on any atom is -0.352 e. The molecule has 1 N–H and O–H groups in total. The van der Waals surface area contributed by atoms with Crippen LogP contribution >= 0.6 is 0 Å². The topological polar surface area (TPSA) is 49.4 Å². The predicted octanol–water partition coefficient (Wildman–Crippen LogP) is 2.34. The van der Waals surface area contributed by atoms with E-state index in [-0.39, 0.29) is 17.9 Å². The second kappa shape index (κ2) is 7.56. The molecule has 1 rings (SSSR count). The van der Waals surface area contributed by atoms with Crippen molar-refractivity contribution in [1.82, 2.24) is 5.32 Å². The minimum atomic E-state index is -0.0665. The van der Waals surface area contributed by atoms with Gasteiger partial charge in [-0.3, -0.25) is 9.59 Å². The van der Waals surface area contributed by atoms with E-state index < -0.39 is 0 Å². The average molecular weight is 262 g/mol. The van der Waals surface area contributed by atoms with Gasteiger partial charge in [-0.25, -0.2) is 0 Å². The fourth-order valence-corrected chi connectivity index (χ4v) is 1.85. The van der Waals surface area contributed by atoms with Crippen LogP contribution in [0.15, 0.2) is 30.3 Å². The molecule has 2 amide bonds. The van der Waals surface area contributed by atoms with Gasteiger partial charge in [0.05, 0.1) is 0 Å². The molecule has 4 heteroatoms. The number of nitrogens with zero attached hydrogens (tertiary/aromatic N) is 1. The molecule has 0 bridgehead atoms. The predicted molar refractivity (Wildman–Crippen MR) is 77.0 cm³/mol. The van der Waals surface area contributed by atoms with E-state index in [2.05, 4.69) is 5.32 Å². The summed E-state index contributed by atoms with van der Waals surface area (Å²) in [5.41, 5.74) is 0.868. The third kappa shape index (κ3) is 4.73. The fourth-order valence-electron chi connectivity index (χ4n) is 1.85. The minimum absolute atomic E-state index is 0.00413. The summed E-state index contributed by atoms with van der Waals surface area (Å²) in [4.78, 5) is 25.1. The average Bonchev–Trinajstić information content (AvgIpc) is 2.44. The number of hydrogen-bond acceptors (Lipinski definition) is 2. The van der Waals surface area contributed by atoms with Gasteiger partial charge in [0.15, 0.2) is 0 Å². The molecule has 0 aliphatic carbocycles. The maximum absolute atomic E-state index is 12.0. The molecule has 0 fully saturated rings. The Morgan fingerprint density at radius 1 is 1.16 bits per heavy atom. The highest BCUT2D eigenvalue weighted by Gasteiger charge is 2.17. The Morgan fingerprint density at radius 3 is 2.32 bits per heavy atom. The van der Waals surface area contributed by atoms with E-state index in [1.165, 1.54) is 0 Å². The van der Waals surface area contributed by atoms with Crippen LogP contribution in [0.2, 0.25) is 0 Å². The van der Waals surface area contributed by atoms with Crippen molar-refractivity contribution >= 4 is 17.5 Å². The first-order valence-electron chi connectivity index (χ1n) is 6.73. The van der Waals surface area contributed by atoms with Crippen molar-refractivity contribution < 1.29 is 9.59 Å². The molecule has 104 valence electrons. The Kier molecular flexibility index (Phi) is 6.06. The molecule has 19 heavy (non-hydrogen) atoms. The second-order valence-corrected chi connectivity index (χ2v) is 4.52. The normalized spacial score (nSPS) is 11.7. The smallest absolute Gasteiger partial charge is 0.226 e. The zero-order valence-electron chi connectivity index (χ0n) is 11.8. The zero-order chi connectivity index (χ0) is 14.3. The standard InChI is InChI=1S/C15H22N2O2/c1-4-14(18)16-12(3)11-17(15(19)5-2)13-9-7-6-8-10-13/h6-10,12H,4-5,11H2,1-3H3,(H,16,18). The number of anilines is 1. The van der Waals surface area contributed by atoms with E-state index in [1.807, 2.05) is 51.1 Å².